The van der Waals surface area contributed by atoms with Crippen molar-refractivity contribution in [2.45, 2.75) is 25.8 Å². The predicted molar refractivity (Wildman–Crippen MR) is 83.7 cm³/mol. The van der Waals surface area contributed by atoms with Crippen molar-refractivity contribution in [3.8, 4) is 0 Å². The van der Waals surface area contributed by atoms with Crippen molar-refractivity contribution in [1.82, 2.24) is 9.80 Å². The van der Waals surface area contributed by atoms with E-state index >= 15 is 0 Å². The van der Waals surface area contributed by atoms with Crippen molar-refractivity contribution < 1.29 is 9.59 Å². The number of nitrogens with zero attached hydrogens (tertiary/aromatic N) is 2. The molecule has 1 N–H and O–H groups in total. The van der Waals surface area contributed by atoms with Crippen LogP contribution in [0, 0.1) is 0 Å². The molecule has 1 atom stereocenters. The Bertz CT molecular complexity index is 511. The summed E-state index contributed by atoms with van der Waals surface area (Å²) in [4.78, 5) is 27.5. The van der Waals surface area contributed by atoms with E-state index in [9.17, 15) is 9.59 Å². The molecule has 1 aromatic rings. The number of hydrogen-bond acceptors (Lipinski definition) is 3. The lowest BCUT2D eigenvalue weighted by Gasteiger charge is -2.36. The van der Waals surface area contributed by atoms with Gasteiger partial charge in [0.15, 0.2) is 5.78 Å². The quantitative estimate of drug-likeness (QED) is 0.870. The van der Waals surface area contributed by atoms with Gasteiger partial charge in [0, 0.05) is 30.4 Å². The zero-order valence-corrected chi connectivity index (χ0v) is 12.9. The lowest BCUT2D eigenvalue weighted by molar-refractivity contribution is 0.101. The van der Waals surface area contributed by atoms with Gasteiger partial charge in [-0.25, -0.2) is 4.79 Å². The molecule has 1 aliphatic rings. The van der Waals surface area contributed by atoms with Crippen LogP contribution in [0.3, 0.4) is 0 Å². The molecule has 0 bridgehead atoms. The van der Waals surface area contributed by atoms with Gasteiger partial charge in [0.2, 0.25) is 0 Å². The van der Waals surface area contributed by atoms with E-state index in [4.69, 9.17) is 0 Å². The fourth-order valence-corrected chi connectivity index (χ4v) is 2.55. The van der Waals surface area contributed by atoms with Gasteiger partial charge in [0.25, 0.3) is 0 Å². The number of carbonyl (C=O) groups is 2. The van der Waals surface area contributed by atoms with Crippen molar-refractivity contribution in [2.24, 2.45) is 0 Å². The number of urea groups is 1. The Morgan fingerprint density at radius 2 is 1.90 bits per heavy atom. The summed E-state index contributed by atoms with van der Waals surface area (Å²) in [6, 6.07) is 7.35. The minimum absolute atomic E-state index is 0.0257. The fraction of sp³-hybridized carbons (Fsp3) is 0.500. The Kier molecular flexibility index (Phi) is 4.96. The summed E-state index contributed by atoms with van der Waals surface area (Å²) in [6.07, 6.45) is 2.16. The molecule has 1 aliphatic heterocycles. The van der Waals surface area contributed by atoms with Crippen molar-refractivity contribution >= 4 is 17.5 Å². The maximum Gasteiger partial charge on any atom is 0.321 e. The van der Waals surface area contributed by atoms with E-state index in [0.29, 0.717) is 11.6 Å². The first-order valence-corrected chi connectivity index (χ1v) is 7.30. The van der Waals surface area contributed by atoms with Crippen LogP contribution in [0.15, 0.2) is 24.3 Å². The first-order chi connectivity index (χ1) is 9.97. The Labute approximate surface area is 125 Å². The number of likely N-dealkylation sites (N-methyl/N-ethyl adjacent to an activating group) is 1. The molecule has 21 heavy (non-hydrogen) atoms. The van der Waals surface area contributed by atoms with Crippen LogP contribution in [0.2, 0.25) is 0 Å². The van der Waals surface area contributed by atoms with Crippen LogP contribution in [0.4, 0.5) is 10.5 Å². The minimum Gasteiger partial charge on any atom is -0.323 e. The number of nitrogens with one attached hydrogen (secondary N) is 1. The normalized spacial score (nSPS) is 18.7. The molecular formula is C16H23N3O2. The standard InChI is InChI=1S/C16H23N3O2/c1-12(20)13-6-8-14(9-7-13)17-16(21)19-10-4-5-15(11-19)18(2)3/h6-9,15H,4-5,10-11H2,1-3H3,(H,17,21). The number of piperidine rings is 1. The first-order valence-electron chi connectivity index (χ1n) is 7.30. The van der Waals surface area contributed by atoms with E-state index in [1.54, 1.807) is 24.3 Å². The van der Waals surface area contributed by atoms with Crippen molar-refractivity contribution in [3.05, 3.63) is 29.8 Å². The third-order valence-electron chi connectivity index (χ3n) is 3.96. The molecule has 0 spiro atoms. The minimum atomic E-state index is -0.0721. The highest BCUT2D eigenvalue weighted by Crippen LogP contribution is 2.16. The number of Topliss-reactive ketones (excluding diaryl/α,β-unsaturated/α-hetero) is 1. The molecule has 0 aliphatic carbocycles. The van der Waals surface area contributed by atoms with E-state index in [-0.39, 0.29) is 11.8 Å². The second-order valence-electron chi connectivity index (χ2n) is 5.77. The highest BCUT2D eigenvalue weighted by atomic mass is 16.2. The van der Waals surface area contributed by atoms with Crippen LogP contribution in [0.25, 0.3) is 0 Å². The predicted octanol–water partition coefficient (Wildman–Crippen LogP) is 2.45. The second kappa shape index (κ2) is 6.72. The Hall–Kier alpha value is -1.88. The molecule has 1 fully saturated rings. The number of carbonyl (C=O) groups excluding carboxylic acids is 2. The maximum atomic E-state index is 12.3. The van der Waals surface area contributed by atoms with Crippen LogP contribution in [0.5, 0.6) is 0 Å². The monoisotopic (exact) mass is 289 g/mol. The number of ketones is 1. The maximum absolute atomic E-state index is 12.3. The Balaban J connectivity index is 1.96. The summed E-state index contributed by atoms with van der Waals surface area (Å²) >= 11 is 0. The van der Waals surface area contributed by atoms with Gasteiger partial charge in [-0.15, -0.1) is 0 Å². The lowest BCUT2D eigenvalue weighted by atomic mass is 10.1. The van der Waals surface area contributed by atoms with Gasteiger partial charge in [-0.2, -0.15) is 0 Å². The zero-order valence-electron chi connectivity index (χ0n) is 12.9. The Morgan fingerprint density at radius 3 is 2.48 bits per heavy atom. The summed E-state index contributed by atoms with van der Waals surface area (Å²) < 4.78 is 0. The molecule has 2 rings (SSSR count). The van der Waals surface area contributed by atoms with Crippen LogP contribution in [-0.4, -0.2) is 54.8 Å². The smallest absolute Gasteiger partial charge is 0.321 e. The number of likely N-dealkylation sites (tertiary alicyclic amines) is 1. The molecule has 5 heteroatoms. The molecule has 2 amide bonds. The number of anilines is 1. The van der Waals surface area contributed by atoms with E-state index in [0.717, 1.165) is 31.6 Å². The summed E-state index contributed by atoms with van der Waals surface area (Å²) in [6.45, 7) is 3.08. The second-order valence-corrected chi connectivity index (χ2v) is 5.77. The molecule has 0 radical (unpaired) electrons. The van der Waals surface area contributed by atoms with E-state index in [2.05, 4.69) is 10.2 Å². The van der Waals surface area contributed by atoms with Gasteiger partial charge < -0.3 is 15.1 Å². The third-order valence-corrected chi connectivity index (χ3v) is 3.96. The molecule has 0 aromatic heterocycles. The van der Waals surface area contributed by atoms with Crippen molar-refractivity contribution in [1.29, 1.82) is 0 Å². The van der Waals surface area contributed by atoms with Gasteiger partial charge in [0.1, 0.15) is 0 Å². The van der Waals surface area contributed by atoms with E-state index in [1.807, 2.05) is 19.0 Å². The lowest BCUT2D eigenvalue weighted by Crippen LogP contribution is -2.48. The Morgan fingerprint density at radius 1 is 1.24 bits per heavy atom. The van der Waals surface area contributed by atoms with Gasteiger partial charge in [-0.1, -0.05) is 0 Å². The van der Waals surface area contributed by atoms with Crippen LogP contribution in [0.1, 0.15) is 30.1 Å². The highest BCUT2D eigenvalue weighted by Gasteiger charge is 2.24. The fourth-order valence-electron chi connectivity index (χ4n) is 2.55. The highest BCUT2D eigenvalue weighted by molar-refractivity contribution is 5.95. The summed E-state index contributed by atoms with van der Waals surface area (Å²) in [5.41, 5.74) is 1.37. The number of hydrogen-bond donors (Lipinski definition) is 1. The molecule has 0 saturated carbocycles. The van der Waals surface area contributed by atoms with Crippen molar-refractivity contribution in [2.75, 3.05) is 32.5 Å². The van der Waals surface area contributed by atoms with Crippen molar-refractivity contribution in [3.63, 3.8) is 0 Å². The third kappa shape index (κ3) is 4.04. The summed E-state index contributed by atoms with van der Waals surface area (Å²) in [5, 5.41) is 2.89. The van der Waals surface area contributed by atoms with E-state index in [1.165, 1.54) is 6.92 Å². The molecule has 114 valence electrons. The number of rotatable bonds is 3. The molecule has 5 nitrogen and oxygen atoms in total. The van der Waals surface area contributed by atoms with Crippen LogP contribution >= 0.6 is 0 Å². The molecular weight excluding hydrogens is 266 g/mol. The molecule has 1 saturated heterocycles. The molecule has 1 aromatic carbocycles. The molecule has 1 heterocycles. The van der Waals surface area contributed by atoms with E-state index < -0.39 is 0 Å². The topological polar surface area (TPSA) is 52.7 Å². The number of benzene rings is 1. The van der Waals surface area contributed by atoms with Gasteiger partial charge in [-0.3, -0.25) is 4.79 Å². The van der Waals surface area contributed by atoms with Crippen LogP contribution in [-0.2, 0) is 0 Å². The van der Waals surface area contributed by atoms with Crippen LogP contribution < -0.4 is 5.32 Å². The average molecular weight is 289 g/mol. The zero-order chi connectivity index (χ0) is 15.4. The number of amides is 2. The SMILES string of the molecule is CC(=O)c1ccc(NC(=O)N2CCCC(N(C)C)C2)cc1. The molecule has 1 unspecified atom stereocenters. The first kappa shape index (κ1) is 15.5. The van der Waals surface area contributed by atoms with Gasteiger partial charge in [-0.05, 0) is 58.1 Å². The average Bonchev–Trinajstić information content (AvgIpc) is 2.48. The largest absolute Gasteiger partial charge is 0.323 e. The van der Waals surface area contributed by atoms with Gasteiger partial charge in [0.05, 0.1) is 0 Å². The summed E-state index contributed by atoms with van der Waals surface area (Å²) in [7, 11) is 4.10. The summed E-state index contributed by atoms with van der Waals surface area (Å²) in [5.74, 6) is 0.0257. The van der Waals surface area contributed by atoms with Gasteiger partial charge >= 0.3 is 6.03 Å².